The Morgan fingerprint density at radius 3 is 2.96 bits per heavy atom. The zero-order valence-corrected chi connectivity index (χ0v) is 13.5. The lowest BCUT2D eigenvalue weighted by atomic mass is 10.1. The van der Waals surface area contributed by atoms with Crippen molar-refractivity contribution in [3.63, 3.8) is 0 Å². The maximum absolute atomic E-state index is 4.41. The molecule has 7 nitrogen and oxygen atoms in total. The Morgan fingerprint density at radius 1 is 1.17 bits per heavy atom. The molecule has 0 aliphatic heterocycles. The van der Waals surface area contributed by atoms with Gasteiger partial charge in [-0.25, -0.2) is 9.97 Å². The van der Waals surface area contributed by atoms with Crippen molar-refractivity contribution < 1.29 is 0 Å². The minimum atomic E-state index is 0.666. The van der Waals surface area contributed by atoms with Crippen LogP contribution >= 0.6 is 0 Å². The molecule has 3 aromatic heterocycles. The largest absolute Gasteiger partial charge is 0.336 e. The van der Waals surface area contributed by atoms with E-state index in [1.165, 1.54) is 17.5 Å². The number of aryl methyl sites for hydroxylation is 2. The first-order valence-electron chi connectivity index (χ1n) is 7.70. The zero-order valence-electron chi connectivity index (χ0n) is 13.5. The lowest BCUT2D eigenvalue weighted by Gasteiger charge is -2.04. The van der Waals surface area contributed by atoms with Crippen LogP contribution in [0.3, 0.4) is 0 Å². The molecule has 0 aliphatic rings. The van der Waals surface area contributed by atoms with Crippen LogP contribution in [0.15, 0.2) is 43.0 Å². The number of hydrogen-bond donors (Lipinski definition) is 2. The number of hydrogen-bond acceptors (Lipinski definition) is 5. The van der Waals surface area contributed by atoms with Gasteiger partial charge in [0.05, 0.1) is 24.1 Å². The molecule has 0 fully saturated rings. The summed E-state index contributed by atoms with van der Waals surface area (Å²) < 4.78 is 1.89. The van der Waals surface area contributed by atoms with Crippen LogP contribution in [0, 0.1) is 13.8 Å². The van der Waals surface area contributed by atoms with E-state index in [9.17, 15) is 0 Å². The number of fused-ring (bicyclic) bond motifs is 1. The Kier molecular flexibility index (Phi) is 3.45. The highest BCUT2D eigenvalue weighted by Gasteiger charge is 2.10. The van der Waals surface area contributed by atoms with E-state index in [4.69, 9.17) is 0 Å². The summed E-state index contributed by atoms with van der Waals surface area (Å²) in [4.78, 5) is 8.53. The van der Waals surface area contributed by atoms with Crippen molar-refractivity contribution in [2.24, 2.45) is 0 Å². The number of benzene rings is 1. The molecule has 0 saturated heterocycles. The van der Waals surface area contributed by atoms with Crippen LogP contribution in [-0.4, -0.2) is 29.9 Å². The molecule has 0 aliphatic carbocycles. The molecule has 0 saturated carbocycles. The van der Waals surface area contributed by atoms with Crippen LogP contribution in [0.1, 0.15) is 16.8 Å². The Labute approximate surface area is 138 Å². The van der Waals surface area contributed by atoms with Gasteiger partial charge in [-0.1, -0.05) is 29.8 Å². The van der Waals surface area contributed by atoms with Gasteiger partial charge in [0.25, 0.3) is 0 Å². The van der Waals surface area contributed by atoms with Crippen molar-refractivity contribution in [2.75, 3.05) is 5.32 Å². The average molecular weight is 319 g/mol. The monoisotopic (exact) mass is 319 g/mol. The number of aromatic nitrogens is 6. The molecule has 1 aromatic carbocycles. The van der Waals surface area contributed by atoms with Gasteiger partial charge in [0, 0.05) is 6.20 Å². The number of anilines is 2. The zero-order chi connectivity index (χ0) is 16.5. The number of nitrogens with zero attached hydrogens (tertiary/aromatic N) is 5. The Hall–Kier alpha value is -3.22. The second-order valence-corrected chi connectivity index (χ2v) is 5.81. The quantitative estimate of drug-likeness (QED) is 0.604. The van der Waals surface area contributed by atoms with Crippen LogP contribution in [0.4, 0.5) is 11.5 Å². The molecule has 7 heteroatoms. The molecule has 4 aromatic rings. The van der Waals surface area contributed by atoms with Crippen LogP contribution in [0.25, 0.3) is 11.0 Å². The van der Waals surface area contributed by atoms with E-state index < -0.39 is 0 Å². The van der Waals surface area contributed by atoms with E-state index in [1.807, 2.05) is 17.8 Å². The van der Waals surface area contributed by atoms with Crippen LogP contribution in [0.5, 0.6) is 0 Å². The fourth-order valence-corrected chi connectivity index (χ4v) is 2.69. The molecular weight excluding hydrogens is 302 g/mol. The third kappa shape index (κ3) is 2.71. The van der Waals surface area contributed by atoms with Crippen molar-refractivity contribution in [2.45, 2.75) is 20.4 Å². The van der Waals surface area contributed by atoms with Crippen molar-refractivity contribution in [1.82, 2.24) is 29.9 Å². The van der Waals surface area contributed by atoms with Gasteiger partial charge in [0.15, 0.2) is 11.3 Å². The fourth-order valence-electron chi connectivity index (χ4n) is 2.69. The molecule has 2 N–H and O–H groups in total. The average Bonchev–Trinajstić information content (AvgIpc) is 3.16. The molecule has 24 heavy (non-hydrogen) atoms. The van der Waals surface area contributed by atoms with E-state index in [2.05, 4.69) is 61.8 Å². The maximum atomic E-state index is 4.41. The Balaban J connectivity index is 1.56. The highest BCUT2D eigenvalue weighted by molar-refractivity contribution is 5.88. The third-order valence-corrected chi connectivity index (χ3v) is 3.84. The molecule has 0 amide bonds. The molecule has 0 unspecified atom stereocenters. The van der Waals surface area contributed by atoms with Gasteiger partial charge >= 0.3 is 0 Å². The van der Waals surface area contributed by atoms with Crippen LogP contribution in [0.2, 0.25) is 0 Å². The summed E-state index contributed by atoms with van der Waals surface area (Å²) in [5.41, 5.74) is 5.79. The molecule has 0 bridgehead atoms. The first-order chi connectivity index (χ1) is 11.7. The molecule has 0 atom stereocenters. The summed E-state index contributed by atoms with van der Waals surface area (Å²) in [6.45, 7) is 4.75. The fraction of sp³-hybridized carbons (Fsp3) is 0.176. The second kappa shape index (κ2) is 5.77. The second-order valence-electron chi connectivity index (χ2n) is 5.81. The third-order valence-electron chi connectivity index (χ3n) is 3.84. The molecule has 120 valence electrons. The van der Waals surface area contributed by atoms with Gasteiger partial charge in [0.1, 0.15) is 11.8 Å². The smallest absolute Gasteiger partial charge is 0.162 e. The number of aromatic amines is 1. The Morgan fingerprint density at radius 2 is 2.08 bits per heavy atom. The summed E-state index contributed by atoms with van der Waals surface area (Å²) in [7, 11) is 0. The standard InChI is InChI=1S/C17H17N7/c1-11-4-3-5-13(6-11)8-24-9-14(7-20-24)21-17-16-15(18-10-19-17)12(2)22-23-16/h3-7,9-10H,8H2,1-2H3,(H,22,23)(H,18,19,21). The lowest BCUT2D eigenvalue weighted by Crippen LogP contribution is -2.00. The number of H-pyrrole nitrogens is 1. The molecule has 0 radical (unpaired) electrons. The van der Waals surface area contributed by atoms with Crippen molar-refractivity contribution in [1.29, 1.82) is 0 Å². The van der Waals surface area contributed by atoms with Gasteiger partial charge in [-0.15, -0.1) is 0 Å². The van der Waals surface area contributed by atoms with E-state index in [-0.39, 0.29) is 0 Å². The summed E-state index contributed by atoms with van der Waals surface area (Å²) in [5, 5.41) is 14.9. The number of rotatable bonds is 4. The van der Waals surface area contributed by atoms with E-state index in [0.29, 0.717) is 5.82 Å². The van der Waals surface area contributed by atoms with Gasteiger partial charge in [0.2, 0.25) is 0 Å². The van der Waals surface area contributed by atoms with Gasteiger partial charge in [-0.05, 0) is 19.4 Å². The van der Waals surface area contributed by atoms with Crippen molar-refractivity contribution in [3.05, 3.63) is 59.8 Å². The van der Waals surface area contributed by atoms with Crippen LogP contribution < -0.4 is 5.32 Å². The SMILES string of the molecule is Cc1cccc(Cn2cc(Nc3ncnc4c(C)[nH]nc34)cn2)c1. The molecule has 4 rings (SSSR count). The molecular formula is C17H17N7. The van der Waals surface area contributed by atoms with Crippen molar-refractivity contribution in [3.8, 4) is 0 Å². The maximum Gasteiger partial charge on any atom is 0.162 e. The van der Waals surface area contributed by atoms with E-state index in [1.54, 1.807) is 6.20 Å². The Bertz CT molecular complexity index is 999. The van der Waals surface area contributed by atoms with Gasteiger partial charge < -0.3 is 5.32 Å². The predicted molar refractivity (Wildman–Crippen MR) is 92.2 cm³/mol. The van der Waals surface area contributed by atoms with Crippen molar-refractivity contribution >= 4 is 22.5 Å². The topological polar surface area (TPSA) is 84.3 Å². The summed E-state index contributed by atoms with van der Waals surface area (Å²) in [6, 6.07) is 8.41. The predicted octanol–water partition coefficient (Wildman–Crippen LogP) is 2.96. The highest BCUT2D eigenvalue weighted by Crippen LogP contribution is 2.22. The molecule has 3 heterocycles. The normalized spacial score (nSPS) is 11.1. The lowest BCUT2D eigenvalue weighted by molar-refractivity contribution is 0.686. The summed E-state index contributed by atoms with van der Waals surface area (Å²) >= 11 is 0. The van der Waals surface area contributed by atoms with Gasteiger partial charge in [-0.2, -0.15) is 10.2 Å². The first-order valence-corrected chi connectivity index (χ1v) is 7.70. The van der Waals surface area contributed by atoms with Crippen LogP contribution in [-0.2, 0) is 6.54 Å². The van der Waals surface area contributed by atoms with E-state index >= 15 is 0 Å². The molecule has 0 spiro atoms. The highest BCUT2D eigenvalue weighted by atomic mass is 15.3. The summed E-state index contributed by atoms with van der Waals surface area (Å²) in [6.07, 6.45) is 5.27. The summed E-state index contributed by atoms with van der Waals surface area (Å²) in [5.74, 6) is 0.666. The van der Waals surface area contributed by atoms with E-state index in [0.717, 1.165) is 29.0 Å². The minimum absolute atomic E-state index is 0.666. The van der Waals surface area contributed by atoms with Gasteiger partial charge in [-0.3, -0.25) is 9.78 Å². The minimum Gasteiger partial charge on any atom is -0.336 e. The first kappa shape index (κ1) is 14.4. The number of nitrogens with one attached hydrogen (secondary N) is 2.